The number of terminal acetylenes is 1. The molecule has 80 heavy (non-hydrogen) atoms. The van der Waals surface area contributed by atoms with E-state index in [1.54, 1.807) is 0 Å². The van der Waals surface area contributed by atoms with E-state index >= 15 is 0 Å². The van der Waals surface area contributed by atoms with E-state index in [0.29, 0.717) is 16.8 Å². The third kappa shape index (κ3) is 13.3. The molecule has 0 aliphatic carbocycles. The van der Waals surface area contributed by atoms with E-state index in [4.69, 9.17) is 26.4 Å². The van der Waals surface area contributed by atoms with Gasteiger partial charge in [0.1, 0.15) is 0 Å². The maximum Gasteiger partial charge on any atom is 2.00 e. The van der Waals surface area contributed by atoms with Crippen molar-refractivity contribution in [3.8, 4) is 34.6 Å². The van der Waals surface area contributed by atoms with E-state index in [-0.39, 0.29) is 41.1 Å². The molecular formula is C74H85N5Zn. The Hall–Kier alpha value is -6.54. The second-order valence-electron chi connectivity index (χ2n) is 26.4. The Morgan fingerprint density at radius 2 is 0.787 bits per heavy atom. The molecule has 5 nitrogen and oxygen atoms in total. The molecule has 0 spiro atoms. The third-order valence-electron chi connectivity index (χ3n) is 15.9. The molecule has 7 aromatic rings. The van der Waals surface area contributed by atoms with E-state index in [1.165, 1.54) is 84.7 Å². The second kappa shape index (κ2) is 24.3. The first-order valence-corrected chi connectivity index (χ1v) is 29.4. The Morgan fingerprint density at radius 1 is 0.425 bits per heavy atom. The summed E-state index contributed by atoms with van der Waals surface area (Å²) in [6.45, 7) is 32.0. The fraction of sp³-hybridized carbons (Fsp3) is 0.378. The Morgan fingerprint density at radius 3 is 1.19 bits per heavy atom. The van der Waals surface area contributed by atoms with Gasteiger partial charge in [-0.1, -0.05) is 226 Å². The number of anilines is 3. The average Bonchev–Trinajstić information content (AvgIpc) is 4.35. The fourth-order valence-electron chi connectivity index (χ4n) is 10.9. The largest absolute Gasteiger partial charge is 2.00 e. The quantitative estimate of drug-likeness (QED) is 0.0582. The summed E-state index contributed by atoms with van der Waals surface area (Å²) in [6, 6.07) is 41.1. The van der Waals surface area contributed by atoms with Gasteiger partial charge in [0, 0.05) is 16.9 Å². The van der Waals surface area contributed by atoms with Gasteiger partial charge in [-0.05, 0) is 152 Å². The maximum absolute atomic E-state index is 6.53. The summed E-state index contributed by atoms with van der Waals surface area (Å²) >= 11 is 0. The van der Waals surface area contributed by atoms with Gasteiger partial charge in [-0.2, -0.15) is 0 Å². The van der Waals surface area contributed by atoms with Crippen LogP contribution in [0.2, 0.25) is 0 Å². The molecule has 0 radical (unpaired) electrons. The van der Waals surface area contributed by atoms with Crippen LogP contribution < -0.4 is 14.9 Å². The SMILES string of the molecule is C#Cc1c2nc(c(-c3cc(C(C)(C)C)cc(C(C)(C)C)c3)c3ccc([n-]3)c(N(c3ccc(CCCCCC)cc3)c3ccc(CCCCCC)cc3)c3nc(c(-c4cc(C(C)(C)C)cc(C(C)(C)C)c4)c4ccc1[n-]4)C=C3)C=C2.[Zn+2]. The number of hydrogen-bond donors (Lipinski definition) is 0. The van der Waals surface area contributed by atoms with Gasteiger partial charge in [-0.3, -0.25) is 0 Å². The van der Waals surface area contributed by atoms with Gasteiger partial charge in [0.25, 0.3) is 0 Å². The number of hydrogen-bond acceptors (Lipinski definition) is 3. The van der Waals surface area contributed by atoms with Crippen LogP contribution >= 0.6 is 0 Å². The Kier molecular flexibility index (Phi) is 18.1. The van der Waals surface area contributed by atoms with E-state index in [1.807, 2.05) is 0 Å². The first-order chi connectivity index (χ1) is 37.5. The molecule has 9 rings (SSSR count). The molecule has 8 bridgehead atoms. The number of fused-ring (bicyclic) bond motifs is 8. The van der Waals surface area contributed by atoms with Gasteiger partial charge >= 0.3 is 19.5 Å². The number of unbranched alkanes of at least 4 members (excludes halogenated alkanes) is 6. The van der Waals surface area contributed by atoms with Crippen molar-refractivity contribution in [1.29, 1.82) is 0 Å². The molecule has 0 saturated carbocycles. The minimum absolute atomic E-state index is 0. The second-order valence-corrected chi connectivity index (χ2v) is 26.4. The van der Waals surface area contributed by atoms with E-state index in [0.717, 1.165) is 85.8 Å². The number of benzene rings is 4. The first-order valence-electron chi connectivity index (χ1n) is 29.4. The summed E-state index contributed by atoms with van der Waals surface area (Å²) in [5.74, 6) is 3.04. The summed E-state index contributed by atoms with van der Waals surface area (Å²) in [5, 5.41) is 0. The summed E-state index contributed by atoms with van der Waals surface area (Å²) in [6.07, 6.45) is 27.0. The molecule has 0 atom stereocenters. The summed E-state index contributed by atoms with van der Waals surface area (Å²) in [5.41, 5.74) is 21.1. The predicted octanol–water partition coefficient (Wildman–Crippen LogP) is 20.1. The Bertz CT molecular complexity index is 3430. The molecule has 4 aromatic carbocycles. The molecule has 0 amide bonds. The van der Waals surface area contributed by atoms with Crippen LogP contribution in [-0.4, -0.2) is 9.97 Å². The topological polar surface area (TPSA) is 57.2 Å². The van der Waals surface area contributed by atoms with Gasteiger partial charge in [0.2, 0.25) is 0 Å². The molecule has 408 valence electrons. The van der Waals surface area contributed by atoms with Crippen molar-refractivity contribution in [3.63, 3.8) is 0 Å². The first kappa shape index (κ1) is 59.6. The van der Waals surface area contributed by atoms with Crippen LogP contribution in [0.25, 0.3) is 68.6 Å². The van der Waals surface area contributed by atoms with Crippen molar-refractivity contribution in [2.24, 2.45) is 0 Å². The molecule has 0 N–H and O–H groups in total. The van der Waals surface area contributed by atoms with Crippen LogP contribution in [-0.2, 0) is 54.0 Å². The average molecular weight is 1110 g/mol. The van der Waals surface area contributed by atoms with Gasteiger partial charge in [-0.25, -0.2) is 9.97 Å². The number of nitrogens with zero attached hydrogens (tertiary/aromatic N) is 5. The zero-order valence-corrected chi connectivity index (χ0v) is 53.8. The van der Waals surface area contributed by atoms with Crippen molar-refractivity contribution >= 4 is 63.4 Å². The molecule has 0 saturated heterocycles. The molecule has 0 fully saturated rings. The van der Waals surface area contributed by atoms with E-state index < -0.39 is 0 Å². The minimum atomic E-state index is -0.118. The van der Waals surface area contributed by atoms with Crippen molar-refractivity contribution < 1.29 is 19.5 Å². The normalized spacial score (nSPS) is 12.7. The zero-order chi connectivity index (χ0) is 56.4. The van der Waals surface area contributed by atoms with Gasteiger partial charge in [0.15, 0.2) is 0 Å². The van der Waals surface area contributed by atoms with Crippen LogP contribution in [0.15, 0.2) is 109 Å². The van der Waals surface area contributed by atoms with Crippen LogP contribution in [0, 0.1) is 12.3 Å². The Balaban J connectivity index is 0.00000841. The summed E-state index contributed by atoms with van der Waals surface area (Å²) < 4.78 is 0. The van der Waals surface area contributed by atoms with Crippen molar-refractivity contribution in [2.75, 3.05) is 4.90 Å². The van der Waals surface area contributed by atoms with Crippen molar-refractivity contribution in [3.05, 3.63) is 171 Å². The van der Waals surface area contributed by atoms with E-state index in [2.05, 4.69) is 241 Å². The summed E-state index contributed by atoms with van der Waals surface area (Å²) in [4.78, 5) is 24.9. The zero-order valence-electron chi connectivity index (χ0n) is 50.8. The molecule has 5 heterocycles. The molecule has 0 unspecified atom stereocenters. The van der Waals surface area contributed by atoms with Crippen LogP contribution in [0.3, 0.4) is 0 Å². The smallest absolute Gasteiger partial charge is 0.656 e. The molecule has 6 heteroatoms. The Labute approximate surface area is 493 Å². The molecule has 2 aliphatic heterocycles. The van der Waals surface area contributed by atoms with Gasteiger partial charge < -0.3 is 14.9 Å². The number of rotatable bonds is 15. The van der Waals surface area contributed by atoms with Crippen molar-refractivity contribution in [1.82, 2.24) is 19.9 Å². The maximum atomic E-state index is 6.53. The number of aromatic nitrogens is 4. The van der Waals surface area contributed by atoms with Crippen LogP contribution in [0.4, 0.5) is 17.1 Å². The number of aryl methyl sites for hydroxylation is 2. The van der Waals surface area contributed by atoms with Gasteiger partial charge in [-0.15, -0.1) is 28.5 Å². The van der Waals surface area contributed by atoms with Crippen LogP contribution in [0.5, 0.6) is 0 Å². The molecule has 3 aromatic heterocycles. The van der Waals surface area contributed by atoms with Crippen LogP contribution in [0.1, 0.15) is 210 Å². The monoisotopic (exact) mass is 1110 g/mol. The minimum Gasteiger partial charge on any atom is -0.656 e. The fourth-order valence-corrected chi connectivity index (χ4v) is 10.9. The van der Waals surface area contributed by atoms with Gasteiger partial charge in [0.05, 0.1) is 28.5 Å². The summed E-state index contributed by atoms with van der Waals surface area (Å²) in [7, 11) is 0. The third-order valence-corrected chi connectivity index (χ3v) is 15.9. The molecular weight excluding hydrogens is 1020 g/mol. The van der Waals surface area contributed by atoms with E-state index in [9.17, 15) is 0 Å². The standard InChI is InChI=1S/C74H85N5.Zn/c1-16-19-21-23-25-49-27-31-57(32-28-49)79(58-33-29-50(30-34-58)26-24-22-20-17-2)70-66-41-39-64(77-66)68(51-43-53(71(4,5)6)47-54(44-51)72(7,8)9)62-37-35-60(75-62)59(18-3)61-36-38-63(76-61)69(65-40-42-67(70)78-65)52-45-55(73(10,11)12)48-56(46-52)74(13,14)15;/h3,27-48H,16-17,19-26H2,1-2,4-15H3;/q-2;+2. The molecule has 2 aliphatic rings. The predicted molar refractivity (Wildman–Crippen MR) is 341 cm³/mol. The van der Waals surface area contributed by atoms with Crippen molar-refractivity contribution in [2.45, 2.75) is 183 Å².